The van der Waals surface area contributed by atoms with Crippen molar-refractivity contribution < 1.29 is 13.2 Å². The van der Waals surface area contributed by atoms with E-state index in [1.54, 1.807) is 12.1 Å². The molecule has 2 aromatic carbocycles. The predicted molar refractivity (Wildman–Crippen MR) is 75.0 cm³/mol. The maximum Gasteiger partial charge on any atom is 0.159 e. The summed E-state index contributed by atoms with van der Waals surface area (Å²) in [5.74, 6) is -2.10. The number of hydrogen-bond donors (Lipinski definition) is 1. The van der Waals surface area contributed by atoms with Gasteiger partial charge in [0.15, 0.2) is 11.6 Å². The van der Waals surface area contributed by atoms with Crippen LogP contribution in [0.4, 0.5) is 13.2 Å². The number of benzene rings is 2. The third-order valence-electron chi connectivity index (χ3n) is 2.83. The fourth-order valence-corrected chi connectivity index (χ4v) is 2.95. The van der Waals surface area contributed by atoms with Crippen molar-refractivity contribution in [1.29, 1.82) is 0 Å². The second-order valence-electron chi connectivity index (χ2n) is 4.53. The van der Waals surface area contributed by atoms with Gasteiger partial charge < -0.3 is 5.73 Å². The van der Waals surface area contributed by atoms with Crippen molar-refractivity contribution in [1.82, 2.24) is 0 Å². The smallest absolute Gasteiger partial charge is 0.159 e. The van der Waals surface area contributed by atoms with Crippen LogP contribution in [0.15, 0.2) is 47.4 Å². The molecule has 0 amide bonds. The van der Waals surface area contributed by atoms with Gasteiger partial charge in [-0.3, -0.25) is 0 Å². The van der Waals surface area contributed by atoms with E-state index in [0.29, 0.717) is 4.90 Å². The van der Waals surface area contributed by atoms with Crippen LogP contribution in [0.25, 0.3) is 0 Å². The van der Waals surface area contributed by atoms with Crippen LogP contribution in [0.2, 0.25) is 0 Å². The molecule has 0 bridgehead atoms. The standard InChI is InChI=1S/C15H14F3NS/c1-9(19)15(10-2-4-11(16)5-3-10)20-12-6-7-13(17)14(18)8-12/h2-9,15H,19H2,1H3. The lowest BCUT2D eigenvalue weighted by atomic mass is 10.1. The molecule has 106 valence electrons. The lowest BCUT2D eigenvalue weighted by Gasteiger charge is -2.21. The predicted octanol–water partition coefficient (Wildman–Crippen LogP) is 4.28. The lowest BCUT2D eigenvalue weighted by Crippen LogP contribution is -2.22. The minimum Gasteiger partial charge on any atom is -0.327 e. The van der Waals surface area contributed by atoms with Gasteiger partial charge in [0.1, 0.15) is 5.82 Å². The van der Waals surface area contributed by atoms with Gasteiger partial charge in [-0.2, -0.15) is 0 Å². The first-order chi connectivity index (χ1) is 9.47. The summed E-state index contributed by atoms with van der Waals surface area (Å²) < 4.78 is 39.1. The third-order valence-corrected chi connectivity index (χ3v) is 4.31. The van der Waals surface area contributed by atoms with E-state index in [-0.39, 0.29) is 17.1 Å². The van der Waals surface area contributed by atoms with Crippen molar-refractivity contribution in [2.24, 2.45) is 5.73 Å². The fraction of sp³-hybridized carbons (Fsp3) is 0.200. The zero-order valence-electron chi connectivity index (χ0n) is 10.8. The van der Waals surface area contributed by atoms with Gasteiger partial charge in [-0.25, -0.2) is 13.2 Å². The van der Waals surface area contributed by atoms with E-state index in [0.717, 1.165) is 17.7 Å². The van der Waals surface area contributed by atoms with E-state index < -0.39 is 11.6 Å². The Morgan fingerprint density at radius 1 is 0.950 bits per heavy atom. The van der Waals surface area contributed by atoms with Crippen LogP contribution in [0.1, 0.15) is 17.7 Å². The van der Waals surface area contributed by atoms with Crippen molar-refractivity contribution in [3.05, 3.63) is 65.5 Å². The average molecular weight is 297 g/mol. The number of rotatable bonds is 4. The van der Waals surface area contributed by atoms with Crippen molar-refractivity contribution in [2.75, 3.05) is 0 Å². The summed E-state index contributed by atoms with van der Waals surface area (Å²) in [7, 11) is 0. The topological polar surface area (TPSA) is 26.0 Å². The van der Waals surface area contributed by atoms with Gasteiger partial charge in [0, 0.05) is 16.2 Å². The molecule has 20 heavy (non-hydrogen) atoms. The monoisotopic (exact) mass is 297 g/mol. The highest BCUT2D eigenvalue weighted by atomic mass is 32.2. The number of nitrogens with two attached hydrogens (primary N) is 1. The average Bonchev–Trinajstić information content (AvgIpc) is 2.41. The molecule has 2 unspecified atom stereocenters. The second kappa shape index (κ2) is 6.33. The molecule has 0 aliphatic carbocycles. The van der Waals surface area contributed by atoms with E-state index in [1.165, 1.54) is 30.0 Å². The molecule has 2 rings (SSSR count). The molecule has 2 N–H and O–H groups in total. The Kier molecular flexibility index (Phi) is 4.73. The first kappa shape index (κ1) is 14.9. The largest absolute Gasteiger partial charge is 0.327 e. The summed E-state index contributed by atoms with van der Waals surface area (Å²) in [6.07, 6.45) is 0. The van der Waals surface area contributed by atoms with E-state index >= 15 is 0 Å². The molecule has 0 aliphatic heterocycles. The molecule has 0 aliphatic rings. The highest BCUT2D eigenvalue weighted by molar-refractivity contribution is 7.99. The Hall–Kier alpha value is -1.46. The van der Waals surface area contributed by atoms with Crippen LogP contribution < -0.4 is 5.73 Å². The number of hydrogen-bond acceptors (Lipinski definition) is 2. The number of halogens is 3. The van der Waals surface area contributed by atoms with Gasteiger partial charge in [0.25, 0.3) is 0 Å². The zero-order chi connectivity index (χ0) is 14.7. The summed E-state index contributed by atoms with van der Waals surface area (Å²) in [6.45, 7) is 1.82. The summed E-state index contributed by atoms with van der Waals surface area (Å²) in [5, 5.41) is -0.166. The molecule has 0 radical (unpaired) electrons. The van der Waals surface area contributed by atoms with E-state index in [1.807, 2.05) is 6.92 Å². The van der Waals surface area contributed by atoms with Gasteiger partial charge in [0.2, 0.25) is 0 Å². The Balaban J connectivity index is 2.25. The van der Waals surface area contributed by atoms with Gasteiger partial charge in [-0.1, -0.05) is 12.1 Å². The normalized spacial score (nSPS) is 14.1. The molecule has 5 heteroatoms. The van der Waals surface area contributed by atoms with Crippen LogP contribution in [-0.2, 0) is 0 Å². The summed E-state index contributed by atoms with van der Waals surface area (Å²) >= 11 is 1.32. The van der Waals surface area contributed by atoms with E-state index in [4.69, 9.17) is 5.73 Å². The van der Waals surface area contributed by atoms with Crippen LogP contribution in [0, 0.1) is 17.5 Å². The van der Waals surface area contributed by atoms with Crippen molar-refractivity contribution in [3.8, 4) is 0 Å². The minimum absolute atomic E-state index is 0.166. The van der Waals surface area contributed by atoms with Crippen molar-refractivity contribution in [3.63, 3.8) is 0 Å². The molecule has 0 aromatic heterocycles. The lowest BCUT2D eigenvalue weighted by molar-refractivity contribution is 0.506. The van der Waals surface area contributed by atoms with Gasteiger partial charge in [-0.05, 0) is 42.8 Å². The maximum atomic E-state index is 13.2. The van der Waals surface area contributed by atoms with E-state index in [9.17, 15) is 13.2 Å². The second-order valence-corrected chi connectivity index (χ2v) is 5.74. The zero-order valence-corrected chi connectivity index (χ0v) is 11.6. The van der Waals surface area contributed by atoms with Crippen molar-refractivity contribution in [2.45, 2.75) is 23.1 Å². The molecule has 0 spiro atoms. The summed E-state index contributed by atoms with van der Waals surface area (Å²) in [5.41, 5.74) is 6.78. The highest BCUT2D eigenvalue weighted by Gasteiger charge is 2.18. The molecular weight excluding hydrogens is 283 g/mol. The van der Waals surface area contributed by atoms with Crippen molar-refractivity contribution >= 4 is 11.8 Å². The first-order valence-electron chi connectivity index (χ1n) is 6.10. The minimum atomic E-state index is -0.891. The Labute approximate surface area is 120 Å². The maximum absolute atomic E-state index is 13.2. The van der Waals surface area contributed by atoms with Crippen LogP contribution in [-0.4, -0.2) is 6.04 Å². The fourth-order valence-electron chi connectivity index (χ4n) is 1.83. The molecule has 2 atom stereocenters. The Bertz CT molecular complexity index is 584. The summed E-state index contributed by atoms with van der Waals surface area (Å²) in [4.78, 5) is 0.579. The van der Waals surface area contributed by atoms with Crippen LogP contribution >= 0.6 is 11.8 Å². The van der Waals surface area contributed by atoms with Gasteiger partial charge >= 0.3 is 0 Å². The molecule has 0 saturated heterocycles. The third kappa shape index (κ3) is 3.55. The van der Waals surface area contributed by atoms with Gasteiger partial charge in [0.05, 0.1) is 0 Å². The first-order valence-corrected chi connectivity index (χ1v) is 6.98. The summed E-state index contributed by atoms with van der Waals surface area (Å²) in [6, 6.07) is 9.51. The molecule has 0 saturated carbocycles. The molecule has 0 fully saturated rings. The molecule has 2 aromatic rings. The highest BCUT2D eigenvalue weighted by Crippen LogP contribution is 2.37. The SMILES string of the molecule is CC(N)C(Sc1ccc(F)c(F)c1)c1ccc(F)cc1. The quantitative estimate of drug-likeness (QED) is 0.852. The van der Waals surface area contributed by atoms with Crippen LogP contribution in [0.5, 0.6) is 0 Å². The molecule has 0 heterocycles. The Morgan fingerprint density at radius 3 is 2.15 bits per heavy atom. The number of thioether (sulfide) groups is 1. The van der Waals surface area contributed by atoms with E-state index in [2.05, 4.69) is 0 Å². The van der Waals surface area contributed by atoms with Crippen LogP contribution in [0.3, 0.4) is 0 Å². The molecule has 1 nitrogen and oxygen atoms in total. The van der Waals surface area contributed by atoms with Gasteiger partial charge in [-0.15, -0.1) is 11.8 Å². The molecular formula is C15H14F3NS. The Morgan fingerprint density at radius 2 is 1.60 bits per heavy atom.